The summed E-state index contributed by atoms with van der Waals surface area (Å²) in [4.78, 5) is 5.51. The molecule has 2 nitrogen and oxygen atoms in total. The van der Waals surface area contributed by atoms with Gasteiger partial charge in [-0.05, 0) is 127 Å². The summed E-state index contributed by atoms with van der Waals surface area (Å²) in [5.74, 6) is 0. The van der Waals surface area contributed by atoms with Gasteiger partial charge in [0.25, 0.3) is 0 Å². The van der Waals surface area contributed by atoms with E-state index in [1.54, 1.807) is 0 Å². The van der Waals surface area contributed by atoms with Crippen LogP contribution in [0, 0.1) is 0 Å². The van der Waals surface area contributed by atoms with Gasteiger partial charge in [0.2, 0.25) is 0 Å². The predicted molar refractivity (Wildman–Crippen MR) is 306 cm³/mol. The van der Waals surface area contributed by atoms with Gasteiger partial charge in [0.1, 0.15) is 0 Å². The molecule has 0 radical (unpaired) electrons. The van der Waals surface area contributed by atoms with Crippen molar-refractivity contribution in [1.29, 1.82) is 0 Å². The Bertz CT molecular complexity index is 4120. The molecule has 0 bridgehead atoms. The SMILES string of the molecule is CCCCc1ccc(N2c3cc4c(cc3B3c5c2cc2c(sc6ccccc62)c5-c2cccc5c2N3c2ccccc2C52c3ccccc3-c3ccccc32)C(C)(C)c2ccccc2-4)c(-c2ccccc2)c1. The van der Waals surface area contributed by atoms with Gasteiger partial charge in [0, 0.05) is 65.0 Å². The Labute approximate surface area is 425 Å². The zero-order valence-corrected chi connectivity index (χ0v) is 41.4. The first-order chi connectivity index (χ1) is 35.5. The van der Waals surface area contributed by atoms with E-state index < -0.39 is 5.41 Å². The summed E-state index contributed by atoms with van der Waals surface area (Å²) < 4.78 is 2.69. The molecule has 340 valence electrons. The summed E-state index contributed by atoms with van der Waals surface area (Å²) in [6, 6.07) is 79.9. The maximum absolute atomic E-state index is 2.81. The van der Waals surface area contributed by atoms with Gasteiger partial charge >= 0.3 is 6.85 Å². The van der Waals surface area contributed by atoms with Gasteiger partial charge in [0.15, 0.2) is 0 Å². The van der Waals surface area contributed by atoms with Crippen LogP contribution in [0.1, 0.15) is 72.6 Å². The van der Waals surface area contributed by atoms with Crippen LogP contribution in [0.5, 0.6) is 0 Å². The highest BCUT2D eigenvalue weighted by atomic mass is 32.1. The van der Waals surface area contributed by atoms with Gasteiger partial charge in [0.05, 0.1) is 11.1 Å². The molecule has 1 spiro atoms. The molecular weight excluding hydrogens is 888 g/mol. The fourth-order valence-electron chi connectivity index (χ4n) is 14.4. The number of hydrogen-bond acceptors (Lipinski definition) is 3. The van der Waals surface area contributed by atoms with E-state index in [9.17, 15) is 0 Å². The summed E-state index contributed by atoms with van der Waals surface area (Å²) in [5, 5.41) is 2.63. The fourth-order valence-corrected chi connectivity index (χ4v) is 15.6. The van der Waals surface area contributed by atoms with Crippen molar-refractivity contribution in [3.05, 3.63) is 245 Å². The van der Waals surface area contributed by atoms with Crippen LogP contribution in [0.3, 0.4) is 0 Å². The fraction of sp³-hybridized carbons (Fsp3) is 0.118. The van der Waals surface area contributed by atoms with Gasteiger partial charge in [-0.2, -0.15) is 0 Å². The van der Waals surface area contributed by atoms with Crippen LogP contribution in [0.25, 0.3) is 64.7 Å². The van der Waals surface area contributed by atoms with Crippen LogP contribution in [-0.4, -0.2) is 6.85 Å². The Kier molecular flexibility index (Phi) is 8.26. The normalized spacial score (nSPS) is 15.2. The van der Waals surface area contributed by atoms with Crippen molar-refractivity contribution in [2.24, 2.45) is 0 Å². The summed E-state index contributed by atoms with van der Waals surface area (Å²) in [6.07, 6.45) is 3.38. The second-order valence-corrected chi connectivity index (χ2v) is 22.3. The van der Waals surface area contributed by atoms with Crippen LogP contribution < -0.4 is 20.6 Å². The first kappa shape index (κ1) is 40.8. The van der Waals surface area contributed by atoms with E-state index in [1.165, 1.54) is 143 Å². The number of rotatable bonds is 5. The standard InChI is InChI=1S/C68H49BN2S/c1-4-5-20-41-35-36-58(48(37-41)42-21-7-6-8-22-42)70-60-38-49-45-25-9-13-28-51(45)67(2,3)56(49)40-57(60)69-64-61(70)39-50-46-26-12-18-34-62(46)72-66(50)63(64)47-27-19-32-55-65(47)71(69)59-33-17-16-31-54(59)68(55)52-29-14-10-23-43(52)44-24-11-15-30-53(44)68/h6-19,21-40H,4-5,20H2,1-3H3. The smallest absolute Gasteiger partial charge is 0.333 e. The lowest BCUT2D eigenvalue weighted by Crippen LogP contribution is -2.63. The Balaban J connectivity index is 1.09. The third kappa shape index (κ3) is 5.05. The summed E-state index contributed by atoms with van der Waals surface area (Å²) in [5.41, 5.74) is 28.4. The largest absolute Gasteiger partial charge is 0.376 e. The molecule has 0 atom stereocenters. The molecule has 3 aliphatic heterocycles. The molecule has 0 saturated heterocycles. The molecule has 0 amide bonds. The van der Waals surface area contributed by atoms with E-state index in [4.69, 9.17) is 0 Å². The van der Waals surface area contributed by atoms with E-state index in [1.807, 2.05) is 11.3 Å². The molecule has 11 aromatic rings. The van der Waals surface area contributed by atoms with Gasteiger partial charge in [-0.15, -0.1) is 11.3 Å². The highest BCUT2D eigenvalue weighted by Crippen LogP contribution is 2.66. The van der Waals surface area contributed by atoms with Gasteiger partial charge in [-0.3, -0.25) is 0 Å². The number of benzene rings is 10. The van der Waals surface area contributed by atoms with E-state index >= 15 is 0 Å². The van der Waals surface area contributed by atoms with Gasteiger partial charge in [-0.1, -0.05) is 197 Å². The number of aryl methyl sites for hydroxylation is 1. The molecule has 0 N–H and O–H groups in total. The minimum absolute atomic E-state index is 0.135. The molecule has 10 aromatic carbocycles. The van der Waals surface area contributed by atoms with Gasteiger partial charge < -0.3 is 9.71 Å². The van der Waals surface area contributed by atoms with Gasteiger partial charge in [-0.25, -0.2) is 0 Å². The number of hydrogen-bond donors (Lipinski definition) is 0. The molecular formula is C68H49BN2S. The van der Waals surface area contributed by atoms with Crippen molar-refractivity contribution in [2.75, 3.05) is 9.71 Å². The summed E-state index contributed by atoms with van der Waals surface area (Å²) >= 11 is 1.97. The Morgan fingerprint density at radius 1 is 0.472 bits per heavy atom. The first-order valence-electron chi connectivity index (χ1n) is 25.9. The predicted octanol–water partition coefficient (Wildman–Crippen LogP) is 16.8. The average molecular weight is 937 g/mol. The third-order valence-electron chi connectivity index (χ3n) is 17.4. The van der Waals surface area contributed by atoms with Crippen molar-refractivity contribution < 1.29 is 0 Å². The number of fused-ring (bicyclic) bond motifs is 20. The number of nitrogens with zero attached hydrogens (tertiary/aromatic N) is 2. The second kappa shape index (κ2) is 14.6. The number of thiophene rings is 1. The quantitative estimate of drug-likeness (QED) is 0.159. The van der Waals surface area contributed by atoms with E-state index in [-0.39, 0.29) is 12.3 Å². The third-order valence-corrected chi connectivity index (χ3v) is 18.6. The van der Waals surface area contributed by atoms with E-state index in [0.717, 1.165) is 19.3 Å². The molecule has 0 saturated carbocycles. The topological polar surface area (TPSA) is 6.48 Å². The summed E-state index contributed by atoms with van der Waals surface area (Å²) in [6.45, 7) is 7.04. The number of unbranched alkanes of at least 4 members (excludes halogenated alkanes) is 1. The Morgan fingerprint density at radius 3 is 1.90 bits per heavy atom. The first-order valence-corrected chi connectivity index (χ1v) is 26.8. The second-order valence-electron chi connectivity index (χ2n) is 21.3. The van der Waals surface area contributed by atoms with Crippen LogP contribution in [0.4, 0.5) is 28.4 Å². The number of para-hydroxylation sites is 2. The van der Waals surface area contributed by atoms with Crippen LogP contribution in [0.2, 0.25) is 0 Å². The lowest BCUT2D eigenvalue weighted by molar-refractivity contribution is 0.661. The van der Waals surface area contributed by atoms with Crippen molar-refractivity contribution in [2.45, 2.75) is 50.9 Å². The van der Waals surface area contributed by atoms with E-state index in [2.05, 4.69) is 237 Å². The average Bonchev–Trinajstić information content (AvgIpc) is 4.04. The van der Waals surface area contributed by atoms with Crippen LogP contribution >= 0.6 is 11.3 Å². The van der Waals surface area contributed by atoms with Crippen molar-refractivity contribution in [3.8, 4) is 44.5 Å². The molecule has 2 aliphatic carbocycles. The molecule has 0 fully saturated rings. The van der Waals surface area contributed by atoms with Crippen molar-refractivity contribution >= 4 is 77.7 Å². The monoisotopic (exact) mass is 936 g/mol. The molecule has 72 heavy (non-hydrogen) atoms. The molecule has 16 rings (SSSR count). The highest BCUT2D eigenvalue weighted by Gasteiger charge is 2.57. The zero-order valence-electron chi connectivity index (χ0n) is 40.6. The molecule has 4 heterocycles. The molecule has 5 aliphatic rings. The maximum Gasteiger partial charge on any atom is 0.333 e. The lowest BCUT2D eigenvalue weighted by Gasteiger charge is -2.52. The van der Waals surface area contributed by atoms with Crippen molar-refractivity contribution in [3.63, 3.8) is 0 Å². The molecule has 1 aromatic heterocycles. The van der Waals surface area contributed by atoms with Crippen LogP contribution in [0.15, 0.2) is 206 Å². The Morgan fingerprint density at radius 2 is 1.12 bits per heavy atom. The minimum Gasteiger partial charge on any atom is -0.376 e. The minimum atomic E-state index is -0.519. The lowest BCUT2D eigenvalue weighted by atomic mass is 9.42. The van der Waals surface area contributed by atoms with Crippen molar-refractivity contribution in [1.82, 2.24) is 0 Å². The van der Waals surface area contributed by atoms with Crippen LogP contribution in [-0.2, 0) is 17.3 Å². The molecule has 0 unspecified atom stereocenters. The Hall–Kier alpha value is -7.92. The summed E-state index contributed by atoms with van der Waals surface area (Å²) in [7, 11) is 0. The zero-order chi connectivity index (χ0) is 47.6. The number of anilines is 5. The highest BCUT2D eigenvalue weighted by molar-refractivity contribution is 7.26. The molecule has 4 heteroatoms. The van der Waals surface area contributed by atoms with E-state index in [0.29, 0.717) is 0 Å². The maximum atomic E-state index is 2.81.